The summed E-state index contributed by atoms with van der Waals surface area (Å²) >= 11 is 0. The first-order chi connectivity index (χ1) is 8.16. The van der Waals surface area contributed by atoms with E-state index in [1.165, 1.54) is 0 Å². The molecular weight excluding hydrogens is 216 g/mol. The fourth-order valence-corrected chi connectivity index (χ4v) is 1.62. The number of aromatic amines is 1. The topological polar surface area (TPSA) is 55.0 Å². The second-order valence-corrected chi connectivity index (χ2v) is 3.84. The lowest BCUT2D eigenvalue weighted by molar-refractivity contribution is 0.297. The minimum Gasteiger partial charge on any atom is -0.482 e. The lowest BCUT2D eigenvalue weighted by atomic mass is 10.2. The average Bonchev–Trinajstić information content (AvgIpc) is 2.29. The summed E-state index contributed by atoms with van der Waals surface area (Å²) in [5.74, 6) is 0.888. The zero-order valence-electron chi connectivity index (χ0n) is 9.86. The maximum atomic E-state index is 11.7. The van der Waals surface area contributed by atoms with Crippen molar-refractivity contribution >= 4 is 0 Å². The summed E-state index contributed by atoms with van der Waals surface area (Å²) in [6, 6.07) is 9.71. The van der Waals surface area contributed by atoms with Crippen LogP contribution in [0.15, 0.2) is 35.1 Å². The van der Waals surface area contributed by atoms with Crippen LogP contribution in [0.1, 0.15) is 17.1 Å². The van der Waals surface area contributed by atoms with E-state index < -0.39 is 0 Å². The third kappa shape index (κ3) is 2.72. The molecule has 17 heavy (non-hydrogen) atoms. The highest BCUT2D eigenvalue weighted by molar-refractivity contribution is 5.24. The summed E-state index contributed by atoms with van der Waals surface area (Å²) in [5.41, 5.74) is 1.40. The maximum Gasteiger partial charge on any atom is 0.293 e. The normalized spacial score (nSPS) is 10.2. The standard InChI is InChI=1S/C13H14N2O2/c1-9-12(13(16)15-10(2)14-9)17-8-11-6-4-3-5-7-11/h3-7H,8H2,1-2H3,(H,14,15,16). The van der Waals surface area contributed by atoms with Gasteiger partial charge >= 0.3 is 0 Å². The number of aromatic nitrogens is 2. The van der Waals surface area contributed by atoms with E-state index in [0.29, 0.717) is 23.9 Å². The molecule has 1 aromatic carbocycles. The highest BCUT2D eigenvalue weighted by atomic mass is 16.5. The molecule has 0 aliphatic carbocycles. The number of ether oxygens (including phenoxy) is 1. The number of benzene rings is 1. The molecule has 0 radical (unpaired) electrons. The minimum absolute atomic E-state index is 0.231. The zero-order valence-corrected chi connectivity index (χ0v) is 9.86. The molecule has 0 saturated heterocycles. The van der Waals surface area contributed by atoms with Gasteiger partial charge in [-0.15, -0.1) is 0 Å². The van der Waals surface area contributed by atoms with Gasteiger partial charge in [0.05, 0.1) is 5.69 Å². The molecule has 2 aromatic rings. The molecule has 88 valence electrons. The van der Waals surface area contributed by atoms with Crippen LogP contribution in [-0.2, 0) is 6.61 Å². The fourth-order valence-electron chi connectivity index (χ4n) is 1.62. The van der Waals surface area contributed by atoms with E-state index in [1.54, 1.807) is 13.8 Å². The van der Waals surface area contributed by atoms with Crippen LogP contribution in [0.2, 0.25) is 0 Å². The number of nitrogens with one attached hydrogen (secondary N) is 1. The number of hydrogen-bond donors (Lipinski definition) is 1. The van der Waals surface area contributed by atoms with Crippen molar-refractivity contribution in [3.8, 4) is 5.75 Å². The molecule has 0 atom stereocenters. The third-order valence-corrected chi connectivity index (χ3v) is 2.39. The van der Waals surface area contributed by atoms with Crippen molar-refractivity contribution in [3.63, 3.8) is 0 Å². The molecule has 1 aromatic heterocycles. The third-order valence-electron chi connectivity index (χ3n) is 2.39. The smallest absolute Gasteiger partial charge is 0.293 e. The van der Waals surface area contributed by atoms with E-state index in [2.05, 4.69) is 9.97 Å². The first kappa shape index (κ1) is 11.4. The molecule has 2 rings (SSSR count). The average molecular weight is 230 g/mol. The summed E-state index contributed by atoms with van der Waals surface area (Å²) in [5, 5.41) is 0. The molecule has 0 amide bonds. The Bertz CT molecular complexity index is 561. The molecule has 4 nitrogen and oxygen atoms in total. The predicted molar refractivity (Wildman–Crippen MR) is 65.1 cm³/mol. The van der Waals surface area contributed by atoms with Crippen LogP contribution >= 0.6 is 0 Å². The Morgan fingerprint density at radius 1 is 1.24 bits per heavy atom. The first-order valence-electron chi connectivity index (χ1n) is 5.41. The largest absolute Gasteiger partial charge is 0.482 e. The van der Waals surface area contributed by atoms with Crippen molar-refractivity contribution in [1.29, 1.82) is 0 Å². The molecular formula is C13H14N2O2. The summed E-state index contributed by atoms with van der Waals surface area (Å²) in [6.45, 7) is 3.88. The fraction of sp³-hybridized carbons (Fsp3) is 0.231. The molecule has 1 N–H and O–H groups in total. The molecule has 0 bridgehead atoms. The molecule has 4 heteroatoms. The van der Waals surface area contributed by atoms with Crippen molar-refractivity contribution in [2.24, 2.45) is 0 Å². The van der Waals surface area contributed by atoms with Crippen LogP contribution in [0.4, 0.5) is 0 Å². The van der Waals surface area contributed by atoms with Crippen molar-refractivity contribution in [3.05, 3.63) is 57.8 Å². The lowest BCUT2D eigenvalue weighted by Crippen LogP contribution is -2.15. The Morgan fingerprint density at radius 3 is 2.59 bits per heavy atom. The van der Waals surface area contributed by atoms with Gasteiger partial charge in [-0.25, -0.2) is 4.98 Å². The second-order valence-electron chi connectivity index (χ2n) is 3.84. The zero-order chi connectivity index (χ0) is 12.3. The van der Waals surface area contributed by atoms with Gasteiger partial charge in [0.2, 0.25) is 5.75 Å². The number of rotatable bonds is 3. The van der Waals surface area contributed by atoms with Crippen molar-refractivity contribution < 1.29 is 4.74 Å². The van der Waals surface area contributed by atoms with Crippen LogP contribution in [0.3, 0.4) is 0 Å². The number of aryl methyl sites for hydroxylation is 2. The summed E-state index contributed by atoms with van der Waals surface area (Å²) in [4.78, 5) is 18.5. The van der Waals surface area contributed by atoms with Gasteiger partial charge in [-0.2, -0.15) is 0 Å². The lowest BCUT2D eigenvalue weighted by Gasteiger charge is -2.07. The highest BCUT2D eigenvalue weighted by Gasteiger charge is 2.07. The molecule has 0 spiro atoms. The Labute approximate surface area is 99.3 Å². The van der Waals surface area contributed by atoms with E-state index in [4.69, 9.17) is 4.74 Å². The molecule has 0 saturated carbocycles. The molecule has 0 fully saturated rings. The monoisotopic (exact) mass is 230 g/mol. The van der Waals surface area contributed by atoms with Crippen LogP contribution in [0.5, 0.6) is 5.75 Å². The van der Waals surface area contributed by atoms with Gasteiger partial charge < -0.3 is 9.72 Å². The Morgan fingerprint density at radius 2 is 1.94 bits per heavy atom. The highest BCUT2D eigenvalue weighted by Crippen LogP contribution is 2.10. The van der Waals surface area contributed by atoms with Gasteiger partial charge in [-0.3, -0.25) is 4.79 Å². The Balaban J connectivity index is 2.18. The van der Waals surface area contributed by atoms with E-state index >= 15 is 0 Å². The van der Waals surface area contributed by atoms with Crippen LogP contribution in [-0.4, -0.2) is 9.97 Å². The van der Waals surface area contributed by atoms with Gasteiger partial charge in [0.1, 0.15) is 12.4 Å². The maximum absolute atomic E-state index is 11.7. The summed E-state index contributed by atoms with van der Waals surface area (Å²) in [6.07, 6.45) is 0. The number of nitrogens with zero attached hydrogens (tertiary/aromatic N) is 1. The van der Waals surface area contributed by atoms with Crippen LogP contribution in [0.25, 0.3) is 0 Å². The van der Waals surface area contributed by atoms with E-state index in [9.17, 15) is 4.79 Å². The van der Waals surface area contributed by atoms with E-state index in [-0.39, 0.29) is 5.56 Å². The number of H-pyrrole nitrogens is 1. The Kier molecular flexibility index (Phi) is 3.23. The molecule has 0 aliphatic rings. The van der Waals surface area contributed by atoms with Gasteiger partial charge in [-0.1, -0.05) is 30.3 Å². The van der Waals surface area contributed by atoms with Crippen molar-refractivity contribution in [2.75, 3.05) is 0 Å². The minimum atomic E-state index is -0.231. The molecule has 1 heterocycles. The van der Waals surface area contributed by atoms with Gasteiger partial charge in [0.15, 0.2) is 0 Å². The van der Waals surface area contributed by atoms with Gasteiger partial charge in [-0.05, 0) is 19.4 Å². The van der Waals surface area contributed by atoms with Crippen LogP contribution in [0, 0.1) is 13.8 Å². The van der Waals surface area contributed by atoms with Crippen LogP contribution < -0.4 is 10.3 Å². The van der Waals surface area contributed by atoms with E-state index in [1.807, 2.05) is 30.3 Å². The van der Waals surface area contributed by atoms with Crippen molar-refractivity contribution in [2.45, 2.75) is 20.5 Å². The summed E-state index contributed by atoms with van der Waals surface area (Å²) in [7, 11) is 0. The second kappa shape index (κ2) is 4.82. The van der Waals surface area contributed by atoms with Crippen molar-refractivity contribution in [1.82, 2.24) is 9.97 Å². The Hall–Kier alpha value is -2.10. The number of hydrogen-bond acceptors (Lipinski definition) is 3. The first-order valence-corrected chi connectivity index (χ1v) is 5.41. The van der Waals surface area contributed by atoms with Gasteiger partial charge in [0, 0.05) is 0 Å². The molecule has 0 unspecified atom stereocenters. The van der Waals surface area contributed by atoms with Gasteiger partial charge in [0.25, 0.3) is 5.56 Å². The predicted octanol–water partition coefficient (Wildman–Crippen LogP) is 1.97. The van der Waals surface area contributed by atoms with E-state index in [0.717, 1.165) is 5.56 Å². The summed E-state index contributed by atoms with van der Waals surface area (Å²) < 4.78 is 5.50. The quantitative estimate of drug-likeness (QED) is 0.877. The molecule has 0 aliphatic heterocycles. The SMILES string of the molecule is Cc1nc(C)c(OCc2ccccc2)c(=O)[nH]1.